The Morgan fingerprint density at radius 1 is 0.418 bits per heavy atom. The standard InChI is InChI=1S/C30H34ClN3O4.C28H29ClN2O5.C23H28ClN3O4.C15H16ClNO.C14H16ClNO4.C3H8/c1-18(2)38-25-15-23(29(35)33(5)6)22-12-13-34(30(36)26(22)27(25)31)16-24-19(3)14-20(4)32-28(24)37-17-21-10-8-7-9-11-21;1-16(2)36-23-13-21(28(33)34)20-10-11-31(27(32)24(20)25(23)29)14-22-17(3)12-18(4)30-26(22)35-15-19-8-6-5-7-9-19;1-12(2)31-18-10-16(22(29)26(5)6)15-7-8-27(23(30)19(15)20(18)24)11-17-13(3)9-14(4)25-21(17)28;1-11-8-12(2)17-15(14(11)9-16)18-10-13-6-4-3-5-7-13;1-7(2)20-10-6-9(14(18)19-3)8-4-5-16-13(17)11(8)12(10)15;1-3-2/h7-11,14-15,18H,12-13,16-17H2,1-6H3;5-9,12-13,16H,10-11,14-15H2,1-4H3,(H,33,34);9-10,12H,7-8,11H2,1-6H3,(H,25,28);3-8H,9-10H2,1-2H3;6-7H,4-5H2,1-3H3,(H,16,17);3H2,1-2H3. The van der Waals surface area contributed by atoms with Gasteiger partial charge in [0.25, 0.3) is 41.0 Å². The fourth-order valence-corrected chi connectivity index (χ4v) is 18.4. The zero-order valence-electron chi connectivity index (χ0n) is 87.3. The molecule has 0 saturated heterocycles. The number of pyridine rings is 4. The van der Waals surface area contributed by atoms with Crippen LogP contribution < -0.4 is 44.0 Å². The number of amides is 6. The number of alkyl halides is 1. The molecule has 0 spiro atoms. The summed E-state index contributed by atoms with van der Waals surface area (Å²) in [5.41, 5.74) is 18.0. The topological polar surface area (TPSA) is 330 Å². The SMILES string of the molecule is CCC.COC(=O)c1cc(OC(C)C)c(Cl)c2c1CCNC2=O.Cc1cc(C)c(CCl)c(OCc2ccccc2)n1.Cc1cc(C)c(CN2CCc3c(C(=O)N(C)C)cc(OC(C)C)c(Cl)c3C2=O)c(=O)[nH]1.Cc1cc(C)c(CN2CCc3c(C(=O)N(C)C)cc(OC(C)C)c(Cl)c3C2=O)c(OCc2ccccc2)n1.Cc1cc(C)c(CN2CCc3c(C(=O)O)cc(OC(C)C)c(Cl)c3C2=O)c(OCc2ccccc2)n1. The number of aromatic nitrogens is 4. The molecule has 6 amide bonds. The van der Waals surface area contributed by atoms with Gasteiger partial charge in [-0.25, -0.2) is 24.5 Å². The molecule has 15 rings (SSSR count). The summed E-state index contributed by atoms with van der Waals surface area (Å²) in [4.78, 5) is 140. The summed E-state index contributed by atoms with van der Waals surface area (Å²) in [7, 11) is 8.00. The molecule has 0 radical (unpaired) electrons. The van der Waals surface area contributed by atoms with Crippen LogP contribution in [0.25, 0.3) is 0 Å². The monoisotopic (exact) mass is 2090 g/mol. The van der Waals surface area contributed by atoms with E-state index < -0.39 is 11.9 Å². The number of carboxylic acid groups (broad SMARTS) is 1. The maximum absolute atomic E-state index is 13.9. The highest BCUT2D eigenvalue weighted by molar-refractivity contribution is 6.38. The van der Waals surface area contributed by atoms with E-state index in [1.807, 2.05) is 226 Å². The Kier molecular flexibility index (Phi) is 41.4. The van der Waals surface area contributed by atoms with Gasteiger partial charge in [0.1, 0.15) is 42.8 Å². The van der Waals surface area contributed by atoms with Gasteiger partial charge in [-0.15, -0.1) is 11.6 Å². The van der Waals surface area contributed by atoms with Crippen molar-refractivity contribution in [3.05, 3.63) is 321 Å². The number of nitrogens with zero attached hydrogens (tertiary/aromatic N) is 8. The van der Waals surface area contributed by atoms with Crippen LogP contribution in [0.15, 0.2) is 144 Å². The molecule has 7 aromatic carbocycles. The van der Waals surface area contributed by atoms with Crippen molar-refractivity contribution in [3.8, 4) is 40.6 Å². The number of hydrogen-bond donors (Lipinski definition) is 3. The maximum Gasteiger partial charge on any atom is 0.338 e. The molecule has 0 atom stereocenters. The molecule has 0 unspecified atom stereocenters. The molecule has 0 fully saturated rings. The number of carbonyl (C=O) groups is 8. The molecule has 8 heterocycles. The maximum atomic E-state index is 13.9. The molecule has 4 aliphatic rings. The second-order valence-corrected chi connectivity index (χ2v) is 39.1. The van der Waals surface area contributed by atoms with E-state index in [0.29, 0.717) is 175 Å². The number of benzene rings is 7. The highest BCUT2D eigenvalue weighted by Crippen LogP contribution is 2.44. The highest BCUT2D eigenvalue weighted by atomic mass is 35.5. The number of aryl methyl sites for hydroxylation is 8. The minimum absolute atomic E-state index is 0.0399. The molecule has 4 aliphatic heterocycles. The van der Waals surface area contributed by atoms with Gasteiger partial charge in [0.05, 0.1) is 111 Å². The van der Waals surface area contributed by atoms with Gasteiger partial charge < -0.3 is 77.8 Å². The van der Waals surface area contributed by atoms with Gasteiger partial charge in [0, 0.05) is 111 Å². The lowest BCUT2D eigenvalue weighted by Gasteiger charge is -2.32. The lowest BCUT2D eigenvalue weighted by Crippen LogP contribution is -2.40. The predicted octanol–water partition coefficient (Wildman–Crippen LogP) is 22.2. The molecule has 0 aliphatic carbocycles. The van der Waals surface area contributed by atoms with E-state index in [1.165, 1.54) is 29.4 Å². The number of halogens is 5. The largest absolute Gasteiger partial charge is 0.489 e. The summed E-state index contributed by atoms with van der Waals surface area (Å²) in [6.45, 7) is 38.1. The number of carboxylic acids is 1. The second kappa shape index (κ2) is 52.7. The Morgan fingerprint density at radius 3 is 1.04 bits per heavy atom. The van der Waals surface area contributed by atoms with Gasteiger partial charge >= 0.3 is 11.9 Å². The molecule has 776 valence electrons. The van der Waals surface area contributed by atoms with E-state index in [-0.39, 0.29) is 121 Å². The summed E-state index contributed by atoms with van der Waals surface area (Å²) in [5, 5.41) is 13.3. The van der Waals surface area contributed by atoms with Crippen LogP contribution >= 0.6 is 58.0 Å². The fourth-order valence-electron chi connectivity index (χ4n) is 16.9. The summed E-state index contributed by atoms with van der Waals surface area (Å²) in [6.07, 6.45) is 2.40. The Hall–Kier alpha value is -13.3. The van der Waals surface area contributed by atoms with Gasteiger partial charge in [-0.3, -0.25) is 33.6 Å². The summed E-state index contributed by atoms with van der Waals surface area (Å²) in [6, 6.07) is 43.8. The number of fused-ring (bicyclic) bond motifs is 4. The normalized spacial score (nSPS) is 12.7. The number of hydrogen-bond acceptors (Lipinski definition) is 20. The van der Waals surface area contributed by atoms with Crippen LogP contribution in [0.2, 0.25) is 20.1 Å². The van der Waals surface area contributed by atoms with Crippen LogP contribution in [0.1, 0.15) is 265 Å². The van der Waals surface area contributed by atoms with Gasteiger partial charge in [-0.1, -0.05) is 158 Å². The second-order valence-electron chi connectivity index (χ2n) is 37.4. The number of rotatable bonds is 28. The number of carbonyl (C=O) groups excluding carboxylic acids is 7. The zero-order valence-corrected chi connectivity index (χ0v) is 91.0. The van der Waals surface area contributed by atoms with Crippen LogP contribution in [0.3, 0.4) is 0 Å². The van der Waals surface area contributed by atoms with E-state index >= 15 is 0 Å². The zero-order chi connectivity index (χ0) is 107. The van der Waals surface area contributed by atoms with Crippen molar-refractivity contribution in [3.63, 3.8) is 0 Å². The molecule has 3 N–H and O–H groups in total. The first-order valence-corrected chi connectivity index (χ1v) is 50.5. The molecule has 4 aromatic heterocycles. The molecule has 146 heavy (non-hydrogen) atoms. The number of ether oxygens (including phenoxy) is 8. The van der Waals surface area contributed by atoms with E-state index in [2.05, 4.69) is 39.1 Å². The first-order chi connectivity index (χ1) is 69.3. The third-order valence-electron chi connectivity index (χ3n) is 23.6. The Bertz CT molecular complexity index is 6660. The average molecular weight is 2090 g/mol. The summed E-state index contributed by atoms with van der Waals surface area (Å²) in [5.74, 6) is -0.0134. The average Bonchev–Trinajstić information content (AvgIpc) is 0.773. The number of aromatic carboxylic acids is 1. The van der Waals surface area contributed by atoms with E-state index in [9.17, 15) is 48.3 Å². The van der Waals surface area contributed by atoms with Crippen molar-refractivity contribution in [2.75, 3.05) is 61.5 Å². The highest BCUT2D eigenvalue weighted by Gasteiger charge is 2.39. The van der Waals surface area contributed by atoms with Gasteiger partial charge in [0.15, 0.2) is 0 Å². The quantitative estimate of drug-likeness (QED) is 0.0303. The van der Waals surface area contributed by atoms with Crippen molar-refractivity contribution < 1.29 is 81.4 Å². The molecule has 33 heteroatoms. The number of methoxy groups -OCH3 is 1. The van der Waals surface area contributed by atoms with Crippen molar-refractivity contribution in [1.29, 1.82) is 0 Å². The molecule has 0 saturated carbocycles. The smallest absolute Gasteiger partial charge is 0.338 e. The lowest BCUT2D eigenvalue weighted by molar-refractivity contribution is 0.0595. The van der Waals surface area contributed by atoms with Gasteiger partial charge in [0.2, 0.25) is 17.6 Å². The number of H-pyrrole nitrogens is 1. The van der Waals surface area contributed by atoms with E-state index in [4.69, 9.17) is 95.9 Å². The van der Waals surface area contributed by atoms with Crippen LogP contribution in [-0.2, 0) is 75.8 Å². The van der Waals surface area contributed by atoms with Crippen molar-refractivity contribution >= 4 is 105 Å². The van der Waals surface area contributed by atoms with Crippen molar-refractivity contribution in [2.24, 2.45) is 0 Å². The van der Waals surface area contributed by atoms with Crippen molar-refractivity contribution in [1.82, 2.24) is 49.8 Å². The first-order valence-electron chi connectivity index (χ1n) is 48.5. The van der Waals surface area contributed by atoms with Crippen molar-refractivity contribution in [2.45, 2.75) is 226 Å². The Morgan fingerprint density at radius 2 is 0.719 bits per heavy atom. The van der Waals surface area contributed by atoms with Crippen LogP contribution in [0.5, 0.6) is 40.6 Å². The molecule has 11 aromatic rings. The third-order valence-corrected chi connectivity index (χ3v) is 25.4. The lowest BCUT2D eigenvalue weighted by atomic mass is 9.92. The molecular weight excluding hydrogens is 1960 g/mol. The summed E-state index contributed by atoms with van der Waals surface area (Å²) >= 11 is 32.2. The minimum Gasteiger partial charge on any atom is -0.489 e. The minimum atomic E-state index is -1.12. The Balaban J connectivity index is 0.000000190. The number of aromatic amines is 1. The summed E-state index contributed by atoms with van der Waals surface area (Å²) < 4.78 is 45.8. The van der Waals surface area contributed by atoms with Crippen LogP contribution in [0, 0.1) is 55.4 Å². The predicted molar refractivity (Wildman–Crippen MR) is 570 cm³/mol. The fraction of sp³-hybridized carbons (Fsp3) is 0.381. The molecule has 0 bridgehead atoms. The van der Waals surface area contributed by atoms with Crippen LogP contribution in [0.4, 0.5) is 0 Å². The number of nitrogens with one attached hydrogen (secondary N) is 2. The van der Waals surface area contributed by atoms with E-state index in [1.54, 1.807) is 61.1 Å². The van der Waals surface area contributed by atoms with E-state index in [0.717, 1.165) is 78.4 Å². The molecule has 28 nitrogen and oxygen atoms in total. The number of esters is 1. The van der Waals surface area contributed by atoms with Crippen LogP contribution in [-0.4, -0.2) is 183 Å². The van der Waals surface area contributed by atoms with Gasteiger partial charge in [-0.05, 0) is 246 Å². The third kappa shape index (κ3) is 29.2. The molecular formula is C113H131Cl5N10O18. The Labute approximate surface area is 880 Å². The van der Waals surface area contributed by atoms with Gasteiger partial charge in [-0.2, -0.15) is 0 Å². The first kappa shape index (κ1) is 115.